The van der Waals surface area contributed by atoms with Gasteiger partial charge in [0.25, 0.3) is 10.1 Å². The second-order valence-electron chi connectivity index (χ2n) is 5.00. The van der Waals surface area contributed by atoms with Gasteiger partial charge in [-0.05, 0) is 18.2 Å². The lowest BCUT2D eigenvalue weighted by molar-refractivity contribution is 0.0975. The molecule has 7 nitrogen and oxygen atoms in total. The fourth-order valence-corrected chi connectivity index (χ4v) is 3.43. The molecule has 126 valence electrons. The van der Waals surface area contributed by atoms with E-state index in [0.717, 1.165) is 11.5 Å². The Morgan fingerprint density at radius 2 is 2.09 bits per heavy atom. The lowest BCUT2D eigenvalue weighted by Crippen LogP contribution is -2.39. The quantitative estimate of drug-likeness (QED) is 0.807. The van der Waals surface area contributed by atoms with Crippen molar-refractivity contribution in [3.8, 4) is 11.5 Å². The van der Waals surface area contributed by atoms with Crippen molar-refractivity contribution in [2.24, 2.45) is 0 Å². The number of ether oxygens (including phenoxy) is 2. The highest BCUT2D eigenvalue weighted by atomic mass is 32.2. The minimum atomic E-state index is -4.21. The van der Waals surface area contributed by atoms with Gasteiger partial charge in [-0.3, -0.25) is 4.55 Å². The van der Waals surface area contributed by atoms with E-state index in [4.69, 9.17) is 14.0 Å². The molecular formula is C14H18N2O5S2. The van der Waals surface area contributed by atoms with Gasteiger partial charge < -0.3 is 20.5 Å². The molecule has 1 aliphatic rings. The summed E-state index contributed by atoms with van der Waals surface area (Å²) in [6.07, 6.45) is -0.151. The van der Waals surface area contributed by atoms with Crippen molar-refractivity contribution in [3.63, 3.8) is 0 Å². The highest BCUT2D eigenvalue weighted by molar-refractivity contribution is 7.85. The van der Waals surface area contributed by atoms with Crippen LogP contribution in [-0.2, 0) is 10.1 Å². The molecule has 0 amide bonds. The number of hydrogen-bond donors (Lipinski definition) is 2. The highest BCUT2D eigenvalue weighted by Gasteiger charge is 2.23. The number of thiophene rings is 1. The molecule has 3 rings (SSSR count). The predicted octanol–water partition coefficient (Wildman–Crippen LogP) is 2.43. The first-order chi connectivity index (χ1) is 10.4. The van der Waals surface area contributed by atoms with Gasteiger partial charge in [-0.15, -0.1) is 11.3 Å². The Labute approximate surface area is 138 Å². The summed E-state index contributed by atoms with van der Waals surface area (Å²) in [7, 11) is -2.38. The monoisotopic (exact) mass is 358 g/mol. The summed E-state index contributed by atoms with van der Waals surface area (Å²) in [5, 5.41) is 3.78. The van der Waals surface area contributed by atoms with Crippen LogP contribution in [0.15, 0.2) is 39.9 Å². The Balaban J connectivity index is 0.00000192. The van der Waals surface area contributed by atoms with Gasteiger partial charge in [-0.2, -0.15) is 8.42 Å². The van der Waals surface area contributed by atoms with Crippen molar-refractivity contribution in [3.05, 3.63) is 35.0 Å². The average Bonchev–Trinajstić information content (AvgIpc) is 2.94. The second kappa shape index (κ2) is 6.75. The predicted molar refractivity (Wildman–Crippen MR) is 88.8 cm³/mol. The zero-order valence-electron chi connectivity index (χ0n) is 12.5. The van der Waals surface area contributed by atoms with Crippen LogP contribution in [0.5, 0.6) is 11.5 Å². The van der Waals surface area contributed by atoms with Gasteiger partial charge in [0.2, 0.25) is 0 Å². The third-order valence-electron chi connectivity index (χ3n) is 3.35. The number of rotatable bonds is 4. The van der Waals surface area contributed by atoms with E-state index in [9.17, 15) is 8.42 Å². The van der Waals surface area contributed by atoms with Gasteiger partial charge in [0.1, 0.15) is 6.61 Å². The molecule has 2 heterocycles. The lowest BCUT2D eigenvalue weighted by Gasteiger charge is -2.29. The van der Waals surface area contributed by atoms with E-state index in [0.29, 0.717) is 18.8 Å². The molecule has 1 aromatic heterocycles. The molecule has 9 heteroatoms. The molecule has 0 fully saturated rings. The van der Waals surface area contributed by atoms with Crippen molar-refractivity contribution in [2.75, 3.05) is 25.1 Å². The lowest BCUT2D eigenvalue weighted by atomic mass is 10.2. The van der Waals surface area contributed by atoms with Gasteiger partial charge in [0, 0.05) is 23.5 Å². The van der Waals surface area contributed by atoms with Crippen LogP contribution in [0.1, 0.15) is 0 Å². The molecule has 2 aromatic rings. The van der Waals surface area contributed by atoms with Gasteiger partial charge >= 0.3 is 0 Å². The molecule has 0 spiro atoms. The Hall–Kier alpha value is -1.81. The minimum absolute atomic E-state index is 0. The van der Waals surface area contributed by atoms with Crippen molar-refractivity contribution in [1.29, 1.82) is 0 Å². The summed E-state index contributed by atoms with van der Waals surface area (Å²) >= 11 is 1.52. The van der Waals surface area contributed by atoms with Crippen molar-refractivity contribution >= 4 is 27.1 Å². The normalized spacial score (nSPS) is 16.5. The average molecular weight is 358 g/mol. The van der Waals surface area contributed by atoms with E-state index in [2.05, 4.69) is 0 Å². The van der Waals surface area contributed by atoms with Gasteiger partial charge in [-0.1, -0.05) is 6.07 Å². The third-order valence-corrected chi connectivity index (χ3v) is 4.90. The Kier molecular flexibility index (Phi) is 5.15. The minimum Gasteiger partial charge on any atom is -0.485 e. The van der Waals surface area contributed by atoms with Gasteiger partial charge in [0.15, 0.2) is 17.6 Å². The molecule has 0 saturated carbocycles. The molecule has 23 heavy (non-hydrogen) atoms. The Bertz CT molecular complexity index is 775. The van der Waals surface area contributed by atoms with Crippen LogP contribution in [0.2, 0.25) is 0 Å². The number of benzene rings is 1. The van der Waals surface area contributed by atoms with Crippen molar-refractivity contribution < 1.29 is 22.4 Å². The van der Waals surface area contributed by atoms with E-state index in [-0.39, 0.29) is 17.1 Å². The van der Waals surface area contributed by atoms with Crippen LogP contribution in [-0.4, -0.2) is 39.3 Å². The van der Waals surface area contributed by atoms with E-state index < -0.39 is 10.1 Å². The van der Waals surface area contributed by atoms with Crippen LogP contribution in [0.25, 0.3) is 0 Å². The smallest absolute Gasteiger partial charge is 0.294 e. The fraction of sp³-hybridized carbons (Fsp3) is 0.286. The molecule has 1 atom stereocenters. The molecule has 1 aliphatic heterocycles. The summed E-state index contributed by atoms with van der Waals surface area (Å²) in [5.74, 6) is 1.50. The van der Waals surface area contributed by atoms with E-state index in [1.54, 1.807) is 12.1 Å². The standard InChI is InChI=1S/C14H15NO5S2.H3N/c1-15(10-3-2-4-12(5-10)22(16,17)18)6-11-7-19-13-8-21-9-14(13)20-11;/h2-5,8-9,11H,6-7H2,1H3,(H,16,17,18);1H3. The van der Waals surface area contributed by atoms with E-state index in [1.807, 2.05) is 22.7 Å². The van der Waals surface area contributed by atoms with Crippen LogP contribution in [0.4, 0.5) is 5.69 Å². The molecule has 4 N–H and O–H groups in total. The highest BCUT2D eigenvalue weighted by Crippen LogP contribution is 2.35. The zero-order chi connectivity index (χ0) is 15.7. The molecule has 1 aromatic carbocycles. The fourth-order valence-electron chi connectivity index (χ4n) is 2.24. The van der Waals surface area contributed by atoms with E-state index >= 15 is 0 Å². The summed E-state index contributed by atoms with van der Waals surface area (Å²) in [6.45, 7) is 0.969. The number of hydrogen-bond acceptors (Lipinski definition) is 7. The van der Waals surface area contributed by atoms with Crippen molar-refractivity contribution in [1.82, 2.24) is 6.15 Å². The first-order valence-corrected chi connectivity index (χ1v) is 8.96. The Morgan fingerprint density at radius 1 is 1.35 bits per heavy atom. The van der Waals surface area contributed by atoms with Crippen LogP contribution in [0.3, 0.4) is 0 Å². The summed E-state index contributed by atoms with van der Waals surface area (Å²) in [4.78, 5) is 1.73. The molecule has 0 radical (unpaired) electrons. The molecule has 0 bridgehead atoms. The first kappa shape index (κ1) is 17.5. The van der Waals surface area contributed by atoms with Crippen LogP contribution in [0, 0.1) is 0 Å². The Morgan fingerprint density at radius 3 is 2.83 bits per heavy atom. The molecule has 0 aliphatic carbocycles. The topological polar surface area (TPSA) is 111 Å². The number of nitrogens with zero attached hydrogens (tertiary/aromatic N) is 1. The van der Waals surface area contributed by atoms with Crippen LogP contribution < -0.4 is 20.5 Å². The first-order valence-electron chi connectivity index (χ1n) is 6.58. The maximum Gasteiger partial charge on any atom is 0.294 e. The van der Waals surface area contributed by atoms with Gasteiger partial charge in [0.05, 0.1) is 11.4 Å². The molecule has 1 unspecified atom stereocenters. The largest absolute Gasteiger partial charge is 0.485 e. The third kappa shape index (κ3) is 3.94. The van der Waals surface area contributed by atoms with Crippen LogP contribution >= 0.6 is 11.3 Å². The van der Waals surface area contributed by atoms with Gasteiger partial charge in [-0.25, -0.2) is 0 Å². The molecule has 0 saturated heterocycles. The van der Waals surface area contributed by atoms with Crippen molar-refractivity contribution in [2.45, 2.75) is 11.0 Å². The summed E-state index contributed by atoms with van der Waals surface area (Å²) in [6, 6.07) is 6.14. The maximum absolute atomic E-state index is 11.2. The summed E-state index contributed by atoms with van der Waals surface area (Å²) in [5.41, 5.74) is 0.676. The SMILES string of the molecule is CN(CC1COc2cscc2O1)c1cccc(S(=O)(=O)O)c1.N. The second-order valence-corrected chi connectivity index (χ2v) is 7.17. The maximum atomic E-state index is 11.2. The number of likely N-dealkylation sites (N-methyl/N-ethyl adjacent to an activating group) is 1. The summed E-state index contributed by atoms with van der Waals surface area (Å²) < 4.78 is 43.0. The zero-order valence-corrected chi connectivity index (χ0v) is 14.1. The van der Waals surface area contributed by atoms with E-state index in [1.165, 1.54) is 23.5 Å². The molecular weight excluding hydrogens is 340 g/mol. The number of fused-ring (bicyclic) bond motifs is 1. The number of anilines is 1.